The maximum absolute atomic E-state index is 11.4. The van der Waals surface area contributed by atoms with Gasteiger partial charge in [-0.15, -0.1) is 0 Å². The summed E-state index contributed by atoms with van der Waals surface area (Å²) in [5.41, 5.74) is 7.68. The van der Waals surface area contributed by atoms with Crippen molar-refractivity contribution in [2.24, 2.45) is 10.9 Å². The summed E-state index contributed by atoms with van der Waals surface area (Å²) in [6.07, 6.45) is 0. The first kappa shape index (κ1) is 14.1. The SMILES string of the molecule is Cc1ccc(Sc2nc(C)cc(=O)[nH]2)c(/C(N)=N/O)c1. The van der Waals surface area contributed by atoms with Gasteiger partial charge in [-0.25, -0.2) is 4.98 Å². The summed E-state index contributed by atoms with van der Waals surface area (Å²) in [5.74, 6) is 0.0196. The van der Waals surface area contributed by atoms with Gasteiger partial charge >= 0.3 is 0 Å². The number of rotatable bonds is 3. The summed E-state index contributed by atoms with van der Waals surface area (Å²) in [5, 5.41) is 12.3. The maximum atomic E-state index is 11.4. The second-order valence-electron chi connectivity index (χ2n) is 4.28. The summed E-state index contributed by atoms with van der Waals surface area (Å²) in [7, 11) is 0. The van der Waals surface area contributed by atoms with E-state index < -0.39 is 0 Å². The molecule has 6 nitrogen and oxygen atoms in total. The Labute approximate surface area is 119 Å². The van der Waals surface area contributed by atoms with Gasteiger partial charge in [0.15, 0.2) is 11.0 Å². The molecule has 7 heteroatoms. The Bertz CT molecular complexity index is 725. The summed E-state index contributed by atoms with van der Waals surface area (Å²) in [6, 6.07) is 6.98. The van der Waals surface area contributed by atoms with Crippen LogP contribution < -0.4 is 11.3 Å². The molecule has 0 amide bonds. The molecular formula is C13H14N4O2S. The predicted octanol–water partition coefficient (Wildman–Crippen LogP) is 1.63. The molecule has 0 fully saturated rings. The number of aromatic nitrogens is 2. The van der Waals surface area contributed by atoms with E-state index in [2.05, 4.69) is 15.1 Å². The van der Waals surface area contributed by atoms with Crippen LogP contribution in [0.15, 0.2) is 44.3 Å². The number of H-pyrrole nitrogens is 1. The average Bonchev–Trinajstić information content (AvgIpc) is 2.38. The average molecular weight is 290 g/mol. The fraction of sp³-hybridized carbons (Fsp3) is 0.154. The highest BCUT2D eigenvalue weighted by molar-refractivity contribution is 7.99. The van der Waals surface area contributed by atoms with Gasteiger partial charge in [-0.2, -0.15) is 0 Å². The third-order valence-corrected chi connectivity index (χ3v) is 3.54. The number of nitrogens with one attached hydrogen (secondary N) is 1. The lowest BCUT2D eigenvalue weighted by molar-refractivity contribution is 0.318. The Morgan fingerprint density at radius 2 is 2.15 bits per heavy atom. The summed E-state index contributed by atoms with van der Waals surface area (Å²) < 4.78 is 0. The molecule has 0 atom stereocenters. The molecule has 2 aromatic rings. The number of aryl methyl sites for hydroxylation is 2. The van der Waals surface area contributed by atoms with E-state index in [4.69, 9.17) is 10.9 Å². The number of amidine groups is 1. The second-order valence-corrected chi connectivity index (χ2v) is 5.31. The summed E-state index contributed by atoms with van der Waals surface area (Å²) in [6.45, 7) is 3.66. The van der Waals surface area contributed by atoms with Gasteiger partial charge < -0.3 is 15.9 Å². The molecule has 0 saturated carbocycles. The molecular weight excluding hydrogens is 276 g/mol. The minimum Gasteiger partial charge on any atom is -0.409 e. The van der Waals surface area contributed by atoms with E-state index in [-0.39, 0.29) is 11.4 Å². The molecule has 104 valence electrons. The largest absolute Gasteiger partial charge is 0.409 e. The zero-order chi connectivity index (χ0) is 14.7. The van der Waals surface area contributed by atoms with E-state index in [9.17, 15) is 4.79 Å². The Balaban J connectivity index is 2.45. The third-order valence-electron chi connectivity index (χ3n) is 2.57. The van der Waals surface area contributed by atoms with Gasteiger partial charge in [0.05, 0.1) is 0 Å². The number of nitrogens with two attached hydrogens (primary N) is 1. The standard InChI is InChI=1S/C13H14N4O2S/c1-7-3-4-10(9(5-7)12(14)17-19)20-13-15-8(2)6-11(18)16-13/h3-6,19H,1-2H3,(H2,14,17)(H,15,16,18). The topological polar surface area (TPSA) is 104 Å². The number of aromatic amines is 1. The van der Waals surface area contributed by atoms with E-state index in [1.54, 1.807) is 6.92 Å². The van der Waals surface area contributed by atoms with Crippen molar-refractivity contribution in [1.82, 2.24) is 9.97 Å². The van der Waals surface area contributed by atoms with Gasteiger partial charge in [-0.1, -0.05) is 28.5 Å². The summed E-state index contributed by atoms with van der Waals surface area (Å²) >= 11 is 1.26. The molecule has 0 aliphatic heterocycles. The maximum Gasteiger partial charge on any atom is 0.251 e. The van der Waals surface area contributed by atoms with Crippen molar-refractivity contribution in [3.8, 4) is 0 Å². The van der Waals surface area contributed by atoms with Crippen LogP contribution in [0.3, 0.4) is 0 Å². The summed E-state index contributed by atoms with van der Waals surface area (Å²) in [4.78, 5) is 19.1. The van der Waals surface area contributed by atoms with E-state index in [1.165, 1.54) is 17.8 Å². The highest BCUT2D eigenvalue weighted by atomic mass is 32.2. The molecule has 1 aromatic carbocycles. The molecule has 20 heavy (non-hydrogen) atoms. The van der Waals surface area contributed by atoms with Crippen molar-refractivity contribution < 1.29 is 5.21 Å². The second kappa shape index (κ2) is 5.79. The Kier molecular flexibility index (Phi) is 4.09. The van der Waals surface area contributed by atoms with Gasteiger partial charge in [0.25, 0.3) is 5.56 Å². The monoisotopic (exact) mass is 290 g/mol. The van der Waals surface area contributed by atoms with Crippen LogP contribution in [0.4, 0.5) is 0 Å². The molecule has 0 radical (unpaired) electrons. The van der Waals surface area contributed by atoms with Gasteiger partial charge in [0.1, 0.15) is 0 Å². The lowest BCUT2D eigenvalue weighted by Crippen LogP contribution is -2.15. The number of hydrogen-bond acceptors (Lipinski definition) is 5. The third kappa shape index (κ3) is 3.18. The quantitative estimate of drug-likeness (QED) is 0.262. The molecule has 4 N–H and O–H groups in total. The van der Waals surface area contributed by atoms with Gasteiger partial charge in [-0.3, -0.25) is 4.79 Å². The van der Waals surface area contributed by atoms with Gasteiger partial charge in [0.2, 0.25) is 0 Å². The van der Waals surface area contributed by atoms with Crippen molar-refractivity contribution >= 4 is 17.6 Å². The zero-order valence-corrected chi connectivity index (χ0v) is 11.9. The van der Waals surface area contributed by atoms with E-state index in [0.29, 0.717) is 16.4 Å². The smallest absolute Gasteiger partial charge is 0.251 e. The minimum absolute atomic E-state index is 0.0196. The first-order valence-electron chi connectivity index (χ1n) is 5.84. The van der Waals surface area contributed by atoms with Crippen LogP contribution in [0.25, 0.3) is 0 Å². The number of nitrogens with zero attached hydrogens (tertiary/aromatic N) is 2. The molecule has 0 bridgehead atoms. The fourth-order valence-electron chi connectivity index (χ4n) is 1.69. The lowest BCUT2D eigenvalue weighted by Gasteiger charge is -2.08. The molecule has 0 aliphatic rings. The first-order valence-corrected chi connectivity index (χ1v) is 6.65. The molecule has 1 heterocycles. The van der Waals surface area contributed by atoms with Crippen LogP contribution in [0, 0.1) is 13.8 Å². The van der Waals surface area contributed by atoms with E-state index in [1.807, 2.05) is 25.1 Å². The van der Waals surface area contributed by atoms with Crippen molar-refractivity contribution in [3.63, 3.8) is 0 Å². The molecule has 2 rings (SSSR count). The van der Waals surface area contributed by atoms with Crippen LogP contribution in [-0.4, -0.2) is 21.0 Å². The molecule has 0 unspecified atom stereocenters. The normalized spacial score (nSPS) is 11.6. The van der Waals surface area contributed by atoms with E-state index in [0.717, 1.165) is 10.5 Å². The fourth-order valence-corrected chi connectivity index (χ4v) is 2.65. The first-order chi connectivity index (χ1) is 9.49. The van der Waals surface area contributed by atoms with Crippen LogP contribution in [0.5, 0.6) is 0 Å². The minimum atomic E-state index is -0.211. The molecule has 0 spiro atoms. The lowest BCUT2D eigenvalue weighted by atomic mass is 10.1. The van der Waals surface area contributed by atoms with Crippen LogP contribution in [0.2, 0.25) is 0 Å². The zero-order valence-electron chi connectivity index (χ0n) is 11.0. The number of hydrogen-bond donors (Lipinski definition) is 3. The Morgan fingerprint density at radius 1 is 1.40 bits per heavy atom. The molecule has 1 aromatic heterocycles. The van der Waals surface area contributed by atoms with Gasteiger partial charge in [0, 0.05) is 22.2 Å². The number of benzene rings is 1. The Hall–Kier alpha value is -2.28. The van der Waals surface area contributed by atoms with Gasteiger partial charge in [-0.05, 0) is 26.0 Å². The predicted molar refractivity (Wildman–Crippen MR) is 77.4 cm³/mol. The highest BCUT2D eigenvalue weighted by Crippen LogP contribution is 2.28. The van der Waals surface area contributed by atoms with Crippen molar-refractivity contribution in [3.05, 3.63) is 51.4 Å². The van der Waals surface area contributed by atoms with Crippen LogP contribution in [0.1, 0.15) is 16.8 Å². The van der Waals surface area contributed by atoms with Crippen molar-refractivity contribution in [2.75, 3.05) is 0 Å². The van der Waals surface area contributed by atoms with Crippen molar-refractivity contribution in [2.45, 2.75) is 23.9 Å². The Morgan fingerprint density at radius 3 is 2.80 bits per heavy atom. The highest BCUT2D eigenvalue weighted by Gasteiger charge is 2.10. The van der Waals surface area contributed by atoms with E-state index >= 15 is 0 Å². The van der Waals surface area contributed by atoms with Crippen LogP contribution in [-0.2, 0) is 0 Å². The van der Waals surface area contributed by atoms with Crippen molar-refractivity contribution in [1.29, 1.82) is 0 Å². The number of oxime groups is 1. The molecule has 0 aliphatic carbocycles. The molecule has 0 saturated heterocycles. The van der Waals surface area contributed by atoms with Crippen LogP contribution >= 0.6 is 11.8 Å².